The molecule has 0 bridgehead atoms. The summed E-state index contributed by atoms with van der Waals surface area (Å²) in [5.74, 6) is 0.163. The molecular formula is C13H28N4O. The van der Waals surface area contributed by atoms with Crippen molar-refractivity contribution in [1.29, 1.82) is 0 Å². The summed E-state index contributed by atoms with van der Waals surface area (Å²) < 4.78 is 0. The molecule has 18 heavy (non-hydrogen) atoms. The van der Waals surface area contributed by atoms with Crippen molar-refractivity contribution in [3.8, 4) is 0 Å². The molecule has 0 spiro atoms. The topological polar surface area (TPSA) is 56.4 Å². The van der Waals surface area contributed by atoms with Crippen molar-refractivity contribution in [2.45, 2.75) is 40.7 Å². The van der Waals surface area contributed by atoms with Gasteiger partial charge in [-0.3, -0.25) is 4.79 Å². The maximum absolute atomic E-state index is 11.2. The number of rotatable bonds is 1. The van der Waals surface area contributed by atoms with Crippen LogP contribution in [0.1, 0.15) is 34.6 Å². The second-order valence-electron chi connectivity index (χ2n) is 3.69. The molecule has 5 heteroatoms. The van der Waals surface area contributed by atoms with E-state index in [0.29, 0.717) is 6.04 Å². The quantitative estimate of drug-likeness (QED) is 0.651. The number of hydrogen-bond acceptors (Lipinski definition) is 4. The highest BCUT2D eigenvalue weighted by molar-refractivity contribution is 5.73. The Balaban J connectivity index is 0.000000659. The first-order valence-electron chi connectivity index (χ1n) is 6.93. The third-order valence-corrected chi connectivity index (χ3v) is 2.72. The molecule has 0 saturated carbocycles. The van der Waals surface area contributed by atoms with Crippen LogP contribution in [-0.2, 0) is 4.79 Å². The first-order chi connectivity index (χ1) is 8.77. The van der Waals surface area contributed by atoms with Gasteiger partial charge in [0.15, 0.2) is 0 Å². The van der Waals surface area contributed by atoms with Crippen molar-refractivity contribution in [1.82, 2.24) is 21.1 Å². The first kappa shape index (κ1) is 16.9. The standard InChI is InChI=1S/C9H16N4O.2C2H6/c1-7(14)13-3-2-10-9(6-13)8-4-11-12-5-8;2*1-2/h4,9-12H,2-3,5-6H2,1H3;2*1-2H3. The minimum atomic E-state index is 0.163. The van der Waals surface area contributed by atoms with Gasteiger partial charge >= 0.3 is 0 Å². The zero-order valence-electron chi connectivity index (χ0n) is 12.3. The van der Waals surface area contributed by atoms with Crippen LogP contribution in [0.5, 0.6) is 0 Å². The van der Waals surface area contributed by atoms with E-state index in [1.54, 1.807) is 6.92 Å². The van der Waals surface area contributed by atoms with E-state index in [9.17, 15) is 4.79 Å². The van der Waals surface area contributed by atoms with E-state index in [4.69, 9.17) is 0 Å². The fraction of sp³-hybridized carbons (Fsp3) is 0.769. The zero-order chi connectivity index (χ0) is 14.0. The molecule has 1 unspecified atom stereocenters. The van der Waals surface area contributed by atoms with Crippen LogP contribution in [0.15, 0.2) is 11.8 Å². The van der Waals surface area contributed by atoms with Gasteiger partial charge in [-0.15, -0.1) is 0 Å². The first-order valence-corrected chi connectivity index (χ1v) is 6.93. The van der Waals surface area contributed by atoms with Gasteiger partial charge in [0.25, 0.3) is 0 Å². The summed E-state index contributed by atoms with van der Waals surface area (Å²) >= 11 is 0. The Morgan fingerprint density at radius 2 is 2.00 bits per heavy atom. The summed E-state index contributed by atoms with van der Waals surface area (Å²) in [6.07, 6.45) is 1.97. The Kier molecular flexibility index (Phi) is 9.32. The predicted molar refractivity (Wildman–Crippen MR) is 76.0 cm³/mol. The van der Waals surface area contributed by atoms with E-state index in [1.165, 1.54) is 5.57 Å². The lowest BCUT2D eigenvalue weighted by atomic mass is 10.1. The van der Waals surface area contributed by atoms with E-state index in [-0.39, 0.29) is 5.91 Å². The molecule has 3 N–H and O–H groups in total. The number of carbonyl (C=O) groups is 1. The summed E-state index contributed by atoms with van der Waals surface area (Å²) in [5, 5.41) is 3.40. The lowest BCUT2D eigenvalue weighted by Gasteiger charge is -2.33. The Labute approximate surface area is 111 Å². The van der Waals surface area contributed by atoms with Gasteiger partial charge in [-0.2, -0.15) is 0 Å². The van der Waals surface area contributed by atoms with Gasteiger partial charge in [0.2, 0.25) is 5.91 Å². The maximum atomic E-state index is 11.2. The average molecular weight is 256 g/mol. The van der Waals surface area contributed by atoms with Gasteiger partial charge in [-0.25, -0.2) is 5.43 Å². The van der Waals surface area contributed by atoms with Gasteiger partial charge < -0.3 is 15.6 Å². The molecule has 5 nitrogen and oxygen atoms in total. The van der Waals surface area contributed by atoms with Crippen molar-refractivity contribution < 1.29 is 4.79 Å². The molecule has 2 rings (SSSR count). The van der Waals surface area contributed by atoms with Crippen LogP contribution in [0.25, 0.3) is 0 Å². The van der Waals surface area contributed by atoms with Crippen LogP contribution in [0, 0.1) is 0 Å². The lowest BCUT2D eigenvalue weighted by Crippen LogP contribution is -2.53. The van der Waals surface area contributed by atoms with Crippen molar-refractivity contribution in [2.24, 2.45) is 0 Å². The molecule has 2 aliphatic heterocycles. The lowest BCUT2D eigenvalue weighted by molar-refractivity contribution is -0.129. The second-order valence-corrected chi connectivity index (χ2v) is 3.69. The van der Waals surface area contributed by atoms with Crippen LogP contribution >= 0.6 is 0 Å². The average Bonchev–Trinajstić information content (AvgIpc) is 2.97. The fourth-order valence-corrected chi connectivity index (χ4v) is 1.86. The van der Waals surface area contributed by atoms with Gasteiger partial charge in [-0.1, -0.05) is 27.7 Å². The predicted octanol–water partition coefficient (Wildman–Crippen LogP) is 0.851. The normalized spacial score (nSPS) is 21.7. The van der Waals surface area contributed by atoms with E-state index in [2.05, 4.69) is 16.2 Å². The van der Waals surface area contributed by atoms with E-state index in [0.717, 1.165) is 26.2 Å². The maximum Gasteiger partial charge on any atom is 0.219 e. The van der Waals surface area contributed by atoms with Gasteiger partial charge in [0, 0.05) is 45.3 Å². The summed E-state index contributed by atoms with van der Waals surface area (Å²) in [4.78, 5) is 13.1. The molecule has 0 aromatic rings. The Morgan fingerprint density at radius 1 is 1.33 bits per heavy atom. The monoisotopic (exact) mass is 256 g/mol. The molecule has 1 atom stereocenters. The van der Waals surface area contributed by atoms with E-state index < -0.39 is 0 Å². The molecular weight excluding hydrogens is 228 g/mol. The fourth-order valence-electron chi connectivity index (χ4n) is 1.86. The van der Waals surface area contributed by atoms with Crippen molar-refractivity contribution >= 4 is 5.91 Å². The number of nitrogens with one attached hydrogen (secondary N) is 3. The van der Waals surface area contributed by atoms with Crippen molar-refractivity contribution in [3.05, 3.63) is 11.8 Å². The number of piperazine rings is 1. The van der Waals surface area contributed by atoms with Crippen LogP contribution in [0.4, 0.5) is 0 Å². The summed E-state index contributed by atoms with van der Waals surface area (Å²) in [5.41, 5.74) is 7.27. The van der Waals surface area contributed by atoms with Crippen molar-refractivity contribution in [3.63, 3.8) is 0 Å². The largest absolute Gasteiger partial charge is 0.340 e. The minimum Gasteiger partial charge on any atom is -0.340 e. The van der Waals surface area contributed by atoms with Crippen LogP contribution in [0.2, 0.25) is 0 Å². The highest BCUT2D eigenvalue weighted by Crippen LogP contribution is 2.09. The minimum absolute atomic E-state index is 0.163. The molecule has 0 aromatic carbocycles. The van der Waals surface area contributed by atoms with Gasteiger partial charge in [-0.05, 0) is 5.57 Å². The van der Waals surface area contributed by atoms with Gasteiger partial charge in [0.05, 0.1) is 0 Å². The molecule has 1 saturated heterocycles. The number of nitrogens with zero attached hydrogens (tertiary/aromatic N) is 1. The highest BCUT2D eigenvalue weighted by Gasteiger charge is 2.24. The molecule has 0 aromatic heterocycles. The molecule has 1 amide bonds. The van der Waals surface area contributed by atoms with E-state index >= 15 is 0 Å². The van der Waals surface area contributed by atoms with Crippen LogP contribution in [0.3, 0.4) is 0 Å². The molecule has 2 heterocycles. The smallest absolute Gasteiger partial charge is 0.219 e. The summed E-state index contributed by atoms with van der Waals surface area (Å²) in [7, 11) is 0. The zero-order valence-corrected chi connectivity index (χ0v) is 12.3. The highest BCUT2D eigenvalue weighted by atomic mass is 16.2. The van der Waals surface area contributed by atoms with Gasteiger partial charge in [0.1, 0.15) is 0 Å². The molecule has 106 valence electrons. The number of amides is 1. The number of hydrogen-bond donors (Lipinski definition) is 3. The van der Waals surface area contributed by atoms with Crippen LogP contribution < -0.4 is 16.2 Å². The Hall–Kier alpha value is -1.07. The Morgan fingerprint density at radius 3 is 2.50 bits per heavy atom. The second kappa shape index (κ2) is 9.91. The van der Waals surface area contributed by atoms with E-state index in [1.807, 2.05) is 38.8 Å². The molecule has 2 aliphatic rings. The Bertz CT molecular complexity index is 266. The third-order valence-electron chi connectivity index (χ3n) is 2.72. The molecule has 1 fully saturated rings. The number of carbonyl (C=O) groups excluding carboxylic acids is 1. The summed E-state index contributed by atoms with van der Waals surface area (Å²) in [6, 6.07) is 0.301. The molecule has 0 radical (unpaired) electrons. The SMILES string of the molecule is CC.CC.CC(=O)N1CCNC(C2=CNNC2)C1. The third kappa shape index (κ3) is 5.06. The van der Waals surface area contributed by atoms with Crippen LogP contribution in [-0.4, -0.2) is 43.0 Å². The molecule has 0 aliphatic carbocycles. The van der Waals surface area contributed by atoms with Crippen molar-refractivity contribution in [2.75, 3.05) is 26.2 Å². The number of hydrazine groups is 1. The summed E-state index contributed by atoms with van der Waals surface area (Å²) in [6.45, 7) is 13.0.